The number of benzene rings is 1. The minimum atomic E-state index is 0.556. The number of methoxy groups -OCH3 is 1. The molecule has 1 aromatic rings. The highest BCUT2D eigenvalue weighted by atomic mass is 32.2. The van der Waals surface area contributed by atoms with Crippen molar-refractivity contribution in [3.8, 4) is 5.75 Å². The Labute approximate surface area is 120 Å². The summed E-state index contributed by atoms with van der Waals surface area (Å²) in [5.41, 5.74) is 2.97. The Bertz CT molecular complexity index is 429. The molecule has 2 aliphatic rings. The van der Waals surface area contributed by atoms with Crippen molar-refractivity contribution in [3.63, 3.8) is 0 Å². The first-order chi connectivity index (χ1) is 9.36. The quantitative estimate of drug-likeness (QED) is 0.911. The minimum absolute atomic E-state index is 0.556. The molecule has 0 bridgehead atoms. The van der Waals surface area contributed by atoms with Crippen molar-refractivity contribution < 1.29 is 4.74 Å². The maximum Gasteiger partial charge on any atom is 0.119 e. The molecule has 1 aliphatic heterocycles. The molecule has 1 saturated heterocycles. The molecule has 1 aromatic carbocycles. The van der Waals surface area contributed by atoms with Gasteiger partial charge in [0.05, 0.1) is 7.11 Å². The van der Waals surface area contributed by atoms with Gasteiger partial charge in [0.1, 0.15) is 5.75 Å². The summed E-state index contributed by atoms with van der Waals surface area (Å²) in [5.74, 6) is 4.57. The fourth-order valence-electron chi connectivity index (χ4n) is 3.18. The second-order valence-corrected chi connectivity index (χ2v) is 6.80. The molecule has 3 heteroatoms. The van der Waals surface area contributed by atoms with Crippen molar-refractivity contribution in [3.05, 3.63) is 29.3 Å². The standard InChI is InChI=1S/C16H23NOS/c1-18-14-5-6-15-13(9-14)3-2-4-16(15)17-10-12-7-8-19-11-12/h5-6,9,12,16-17H,2-4,7-8,10-11H2,1H3. The number of ether oxygens (including phenoxy) is 1. The van der Waals surface area contributed by atoms with E-state index in [0.717, 1.165) is 11.7 Å². The molecule has 0 spiro atoms. The van der Waals surface area contributed by atoms with Gasteiger partial charge < -0.3 is 10.1 Å². The molecule has 1 fully saturated rings. The smallest absolute Gasteiger partial charge is 0.119 e. The van der Waals surface area contributed by atoms with Crippen LogP contribution in [0.1, 0.15) is 36.4 Å². The Morgan fingerprint density at radius 2 is 2.32 bits per heavy atom. The number of hydrogen-bond donors (Lipinski definition) is 1. The summed E-state index contributed by atoms with van der Waals surface area (Å²) in [6.45, 7) is 1.18. The van der Waals surface area contributed by atoms with Gasteiger partial charge in [-0.15, -0.1) is 0 Å². The lowest BCUT2D eigenvalue weighted by Gasteiger charge is -2.28. The zero-order valence-corrected chi connectivity index (χ0v) is 12.5. The van der Waals surface area contributed by atoms with E-state index in [1.54, 1.807) is 7.11 Å². The lowest BCUT2D eigenvalue weighted by Crippen LogP contribution is -2.29. The molecule has 0 saturated carbocycles. The van der Waals surface area contributed by atoms with E-state index in [9.17, 15) is 0 Å². The van der Waals surface area contributed by atoms with E-state index in [2.05, 4.69) is 35.3 Å². The summed E-state index contributed by atoms with van der Waals surface area (Å²) in [6.07, 6.45) is 5.15. The van der Waals surface area contributed by atoms with E-state index in [1.165, 1.54) is 54.9 Å². The Morgan fingerprint density at radius 1 is 1.37 bits per heavy atom. The predicted octanol–water partition coefficient (Wildman–Crippen LogP) is 3.42. The molecule has 0 amide bonds. The van der Waals surface area contributed by atoms with Gasteiger partial charge in [-0.2, -0.15) is 11.8 Å². The fourth-order valence-corrected chi connectivity index (χ4v) is 4.47. The molecule has 2 nitrogen and oxygen atoms in total. The predicted molar refractivity (Wildman–Crippen MR) is 82.1 cm³/mol. The van der Waals surface area contributed by atoms with E-state index in [1.807, 2.05) is 0 Å². The van der Waals surface area contributed by atoms with Crippen LogP contribution in [0.4, 0.5) is 0 Å². The van der Waals surface area contributed by atoms with Crippen LogP contribution in [-0.4, -0.2) is 25.2 Å². The Hall–Kier alpha value is -0.670. The summed E-state index contributed by atoms with van der Waals surface area (Å²) in [5, 5.41) is 3.80. The summed E-state index contributed by atoms with van der Waals surface area (Å²) in [4.78, 5) is 0. The Kier molecular flexibility index (Phi) is 4.34. The molecule has 2 atom stereocenters. The maximum absolute atomic E-state index is 5.33. The first kappa shape index (κ1) is 13.3. The van der Waals surface area contributed by atoms with Crippen LogP contribution in [0, 0.1) is 5.92 Å². The van der Waals surface area contributed by atoms with Gasteiger partial charge in [-0.05, 0) is 72.9 Å². The molecular formula is C16H23NOS. The average Bonchev–Trinajstić information content (AvgIpc) is 2.97. The van der Waals surface area contributed by atoms with Crippen molar-refractivity contribution in [2.45, 2.75) is 31.7 Å². The molecule has 19 heavy (non-hydrogen) atoms. The van der Waals surface area contributed by atoms with E-state index < -0.39 is 0 Å². The number of rotatable bonds is 4. The third-order valence-electron chi connectivity index (χ3n) is 4.34. The van der Waals surface area contributed by atoms with Gasteiger partial charge in [0, 0.05) is 6.04 Å². The van der Waals surface area contributed by atoms with E-state index in [0.29, 0.717) is 6.04 Å². The van der Waals surface area contributed by atoms with Gasteiger partial charge in [0.2, 0.25) is 0 Å². The third-order valence-corrected chi connectivity index (χ3v) is 5.57. The van der Waals surface area contributed by atoms with Crippen LogP contribution in [0.25, 0.3) is 0 Å². The molecule has 0 radical (unpaired) electrons. The molecular weight excluding hydrogens is 254 g/mol. The SMILES string of the molecule is COc1ccc2c(c1)CCCC2NCC1CCSC1. The number of thioether (sulfide) groups is 1. The zero-order chi connectivity index (χ0) is 13.1. The maximum atomic E-state index is 5.33. The van der Waals surface area contributed by atoms with Crippen LogP contribution in [0.2, 0.25) is 0 Å². The van der Waals surface area contributed by atoms with Crippen molar-refractivity contribution >= 4 is 11.8 Å². The average molecular weight is 277 g/mol. The van der Waals surface area contributed by atoms with Crippen LogP contribution in [0.15, 0.2) is 18.2 Å². The van der Waals surface area contributed by atoms with Crippen molar-refractivity contribution in [2.24, 2.45) is 5.92 Å². The first-order valence-electron chi connectivity index (χ1n) is 7.35. The van der Waals surface area contributed by atoms with Gasteiger partial charge in [-0.25, -0.2) is 0 Å². The summed E-state index contributed by atoms with van der Waals surface area (Å²) < 4.78 is 5.33. The third kappa shape index (κ3) is 3.09. The Morgan fingerprint density at radius 3 is 3.11 bits per heavy atom. The van der Waals surface area contributed by atoms with Gasteiger partial charge in [-0.3, -0.25) is 0 Å². The second kappa shape index (κ2) is 6.19. The monoisotopic (exact) mass is 277 g/mol. The number of nitrogens with one attached hydrogen (secondary N) is 1. The number of aryl methyl sites for hydroxylation is 1. The molecule has 2 unspecified atom stereocenters. The highest BCUT2D eigenvalue weighted by Crippen LogP contribution is 2.32. The van der Waals surface area contributed by atoms with Crippen LogP contribution >= 0.6 is 11.8 Å². The summed E-state index contributed by atoms with van der Waals surface area (Å²) in [7, 11) is 1.75. The van der Waals surface area contributed by atoms with E-state index in [4.69, 9.17) is 4.74 Å². The highest BCUT2D eigenvalue weighted by Gasteiger charge is 2.22. The van der Waals surface area contributed by atoms with Crippen molar-refractivity contribution in [1.29, 1.82) is 0 Å². The van der Waals surface area contributed by atoms with Crippen LogP contribution in [0.3, 0.4) is 0 Å². The van der Waals surface area contributed by atoms with Crippen LogP contribution in [0.5, 0.6) is 5.75 Å². The van der Waals surface area contributed by atoms with Gasteiger partial charge in [0.25, 0.3) is 0 Å². The zero-order valence-electron chi connectivity index (χ0n) is 11.7. The largest absolute Gasteiger partial charge is 0.497 e. The van der Waals surface area contributed by atoms with Gasteiger partial charge in [-0.1, -0.05) is 6.07 Å². The molecule has 0 aromatic heterocycles. The first-order valence-corrected chi connectivity index (χ1v) is 8.50. The van der Waals surface area contributed by atoms with Crippen LogP contribution < -0.4 is 10.1 Å². The Balaban J connectivity index is 1.67. The normalized spacial score (nSPS) is 26.2. The highest BCUT2D eigenvalue weighted by molar-refractivity contribution is 7.99. The number of fused-ring (bicyclic) bond motifs is 1. The molecule has 1 N–H and O–H groups in total. The lowest BCUT2D eigenvalue weighted by atomic mass is 9.87. The number of hydrogen-bond acceptors (Lipinski definition) is 3. The minimum Gasteiger partial charge on any atom is -0.497 e. The van der Waals surface area contributed by atoms with Crippen LogP contribution in [-0.2, 0) is 6.42 Å². The van der Waals surface area contributed by atoms with E-state index in [-0.39, 0.29) is 0 Å². The topological polar surface area (TPSA) is 21.3 Å². The summed E-state index contributed by atoms with van der Waals surface area (Å²) in [6, 6.07) is 7.13. The van der Waals surface area contributed by atoms with Gasteiger partial charge >= 0.3 is 0 Å². The molecule has 3 rings (SSSR count). The molecule has 1 heterocycles. The van der Waals surface area contributed by atoms with Crippen molar-refractivity contribution in [2.75, 3.05) is 25.2 Å². The van der Waals surface area contributed by atoms with E-state index >= 15 is 0 Å². The fraction of sp³-hybridized carbons (Fsp3) is 0.625. The summed E-state index contributed by atoms with van der Waals surface area (Å²) >= 11 is 2.10. The lowest BCUT2D eigenvalue weighted by molar-refractivity contribution is 0.404. The van der Waals surface area contributed by atoms with Gasteiger partial charge in [0.15, 0.2) is 0 Å². The second-order valence-electron chi connectivity index (χ2n) is 5.65. The van der Waals surface area contributed by atoms with Crippen molar-refractivity contribution in [1.82, 2.24) is 5.32 Å². The molecule has 104 valence electrons. The molecule has 1 aliphatic carbocycles.